The molecule has 0 radical (unpaired) electrons. The summed E-state index contributed by atoms with van der Waals surface area (Å²) in [6, 6.07) is 0.709. The first-order valence-electron chi connectivity index (χ1n) is 7.91. The summed E-state index contributed by atoms with van der Waals surface area (Å²) in [5.41, 5.74) is 9.12. The Morgan fingerprint density at radius 2 is 2.20 bits per heavy atom. The van der Waals surface area contributed by atoms with Crippen LogP contribution in [-0.4, -0.2) is 43.0 Å². The van der Waals surface area contributed by atoms with Gasteiger partial charge in [-0.2, -0.15) is 0 Å². The highest BCUT2D eigenvalue weighted by atomic mass is 15.2. The lowest BCUT2D eigenvalue weighted by molar-refractivity contribution is 0.0324. The second kappa shape index (κ2) is 4.47. The molecule has 0 spiro atoms. The number of likely N-dealkylation sites (tertiary alicyclic amines) is 1. The van der Waals surface area contributed by atoms with Crippen molar-refractivity contribution in [2.24, 2.45) is 29.4 Å². The summed E-state index contributed by atoms with van der Waals surface area (Å²) in [6.07, 6.45) is 12.0. The van der Waals surface area contributed by atoms with Crippen molar-refractivity contribution in [1.29, 1.82) is 0 Å². The molecule has 3 nitrogen and oxygen atoms in total. The van der Waals surface area contributed by atoms with Gasteiger partial charge in [0.2, 0.25) is 0 Å². The quantitative estimate of drug-likeness (QED) is 0.789. The fourth-order valence-corrected chi connectivity index (χ4v) is 5.06. The van der Waals surface area contributed by atoms with Crippen LogP contribution in [0.1, 0.15) is 12.8 Å². The van der Waals surface area contributed by atoms with Gasteiger partial charge in [0.25, 0.3) is 0 Å². The lowest BCUT2D eigenvalue weighted by atomic mass is 9.61. The lowest BCUT2D eigenvalue weighted by Gasteiger charge is -2.51. The van der Waals surface area contributed by atoms with Crippen molar-refractivity contribution >= 4 is 0 Å². The van der Waals surface area contributed by atoms with Crippen molar-refractivity contribution in [3.63, 3.8) is 0 Å². The number of fused-ring (bicyclic) bond motifs is 2. The maximum absolute atomic E-state index is 5.97. The highest BCUT2D eigenvalue weighted by Gasteiger charge is 2.49. The number of allylic oxidation sites excluding steroid dienone is 4. The highest BCUT2D eigenvalue weighted by Crippen LogP contribution is 2.52. The van der Waals surface area contributed by atoms with Crippen LogP contribution in [0.3, 0.4) is 0 Å². The molecule has 4 aliphatic rings. The molecule has 0 aromatic rings. The Hall–Kier alpha value is -1.06. The Kier molecular flexibility index (Phi) is 2.83. The van der Waals surface area contributed by atoms with Crippen molar-refractivity contribution in [1.82, 2.24) is 9.80 Å². The molecule has 0 aromatic heterocycles. The van der Waals surface area contributed by atoms with Crippen LogP contribution < -0.4 is 5.73 Å². The van der Waals surface area contributed by atoms with E-state index < -0.39 is 0 Å². The molecule has 0 amide bonds. The van der Waals surface area contributed by atoms with Crippen molar-refractivity contribution in [2.75, 3.05) is 27.2 Å². The van der Waals surface area contributed by atoms with Gasteiger partial charge in [0.05, 0.1) is 0 Å². The van der Waals surface area contributed by atoms with E-state index >= 15 is 0 Å². The number of piperidine rings is 1. The van der Waals surface area contributed by atoms with E-state index in [1.165, 1.54) is 25.1 Å². The van der Waals surface area contributed by atoms with Crippen molar-refractivity contribution < 1.29 is 0 Å². The zero-order chi connectivity index (χ0) is 13.9. The molecule has 2 heterocycles. The Morgan fingerprint density at radius 3 is 3.00 bits per heavy atom. The van der Waals surface area contributed by atoms with Crippen molar-refractivity contribution in [3.8, 4) is 0 Å². The number of nitrogens with two attached hydrogens (primary N) is 1. The van der Waals surface area contributed by atoms with Gasteiger partial charge >= 0.3 is 0 Å². The van der Waals surface area contributed by atoms with Gasteiger partial charge in [0.1, 0.15) is 0 Å². The Bertz CT molecular complexity index is 504. The molecule has 20 heavy (non-hydrogen) atoms. The first kappa shape index (κ1) is 12.7. The molecule has 5 atom stereocenters. The third-order valence-electron chi connectivity index (χ3n) is 5.95. The van der Waals surface area contributed by atoms with E-state index in [0.717, 1.165) is 12.5 Å². The van der Waals surface area contributed by atoms with Gasteiger partial charge in [0.15, 0.2) is 0 Å². The number of hydrogen-bond acceptors (Lipinski definition) is 3. The molecule has 2 fully saturated rings. The largest absolute Gasteiger partial charge is 0.354 e. The van der Waals surface area contributed by atoms with Crippen LogP contribution >= 0.6 is 0 Å². The Balaban J connectivity index is 1.71. The molecule has 2 aliphatic heterocycles. The first-order valence-corrected chi connectivity index (χ1v) is 7.91. The number of hydrogen-bond donors (Lipinski definition) is 1. The summed E-state index contributed by atoms with van der Waals surface area (Å²) in [5, 5.41) is 0. The Morgan fingerprint density at radius 1 is 1.35 bits per heavy atom. The minimum Gasteiger partial charge on any atom is -0.354 e. The normalized spacial score (nSPS) is 43.0. The molecule has 3 heteroatoms. The van der Waals surface area contributed by atoms with E-state index in [1.54, 1.807) is 5.57 Å². The lowest BCUT2D eigenvalue weighted by Crippen LogP contribution is -2.54. The van der Waals surface area contributed by atoms with Gasteiger partial charge in [-0.1, -0.05) is 12.2 Å². The predicted octanol–water partition coefficient (Wildman–Crippen LogP) is 1.80. The molecule has 2 N–H and O–H groups in total. The summed E-state index contributed by atoms with van der Waals surface area (Å²) in [5.74, 6) is 2.78. The molecule has 2 aliphatic carbocycles. The van der Waals surface area contributed by atoms with E-state index in [0.29, 0.717) is 23.8 Å². The maximum atomic E-state index is 5.97. The van der Waals surface area contributed by atoms with Crippen LogP contribution in [0.15, 0.2) is 35.7 Å². The summed E-state index contributed by atoms with van der Waals surface area (Å²) < 4.78 is 0. The molecular formula is C17H25N3. The van der Waals surface area contributed by atoms with Crippen LogP contribution in [0.4, 0.5) is 0 Å². The van der Waals surface area contributed by atoms with Gasteiger partial charge in [-0.25, -0.2) is 0 Å². The minimum atomic E-state index is 0.649. The zero-order valence-corrected chi connectivity index (χ0v) is 12.5. The van der Waals surface area contributed by atoms with Crippen LogP contribution in [0, 0.1) is 23.7 Å². The van der Waals surface area contributed by atoms with Crippen molar-refractivity contribution in [3.05, 3.63) is 35.7 Å². The average molecular weight is 271 g/mol. The van der Waals surface area contributed by atoms with E-state index in [1.807, 2.05) is 0 Å². The van der Waals surface area contributed by atoms with Gasteiger partial charge in [-0.05, 0) is 55.8 Å². The molecule has 2 unspecified atom stereocenters. The smallest absolute Gasteiger partial charge is 0.0285 e. The standard InChI is InChI=1S/C17H25N3/c1-19-9-11(8-18)6-14-13-4-3-5-15-17(13)12(7-16(14)19)10-20(15)2/h3-5,10-11,13-14,16-17H,6-9,18H2,1-2H3/t11-,13?,14+,16+,17?/m0/s1. The molecule has 1 saturated carbocycles. The molecule has 0 bridgehead atoms. The third-order valence-corrected chi connectivity index (χ3v) is 5.95. The van der Waals surface area contributed by atoms with Crippen LogP contribution in [-0.2, 0) is 0 Å². The van der Waals surface area contributed by atoms with Crippen LogP contribution in [0.25, 0.3) is 0 Å². The minimum absolute atomic E-state index is 0.649. The zero-order valence-electron chi connectivity index (χ0n) is 12.5. The number of nitrogens with zero attached hydrogens (tertiary/aromatic N) is 2. The topological polar surface area (TPSA) is 32.5 Å². The summed E-state index contributed by atoms with van der Waals surface area (Å²) in [4.78, 5) is 4.92. The summed E-state index contributed by atoms with van der Waals surface area (Å²) in [6.45, 7) is 2.00. The van der Waals surface area contributed by atoms with Crippen molar-refractivity contribution in [2.45, 2.75) is 18.9 Å². The maximum Gasteiger partial charge on any atom is 0.0285 e. The van der Waals surface area contributed by atoms with E-state index in [9.17, 15) is 0 Å². The fourth-order valence-electron chi connectivity index (χ4n) is 5.06. The molecular weight excluding hydrogens is 246 g/mol. The SMILES string of the molecule is CN1C=C2C[C@@H]3[C@H](C[C@@H](CN)CN3C)C3C=CC=C1C23. The fraction of sp³-hybridized carbons (Fsp3) is 0.647. The van der Waals surface area contributed by atoms with Crippen LogP contribution in [0.5, 0.6) is 0 Å². The van der Waals surface area contributed by atoms with E-state index in [-0.39, 0.29) is 0 Å². The molecule has 108 valence electrons. The summed E-state index contributed by atoms with van der Waals surface area (Å²) >= 11 is 0. The molecule has 0 aromatic carbocycles. The van der Waals surface area contributed by atoms with Gasteiger partial charge in [0, 0.05) is 37.4 Å². The summed E-state index contributed by atoms with van der Waals surface area (Å²) in [7, 11) is 4.49. The van der Waals surface area contributed by atoms with Gasteiger partial charge in [-0.15, -0.1) is 0 Å². The first-order chi connectivity index (χ1) is 9.69. The molecule has 4 rings (SSSR count). The second-order valence-corrected chi connectivity index (χ2v) is 7.06. The van der Waals surface area contributed by atoms with E-state index in [2.05, 4.69) is 48.3 Å². The monoisotopic (exact) mass is 271 g/mol. The van der Waals surface area contributed by atoms with Gasteiger partial charge in [-0.3, -0.25) is 0 Å². The highest BCUT2D eigenvalue weighted by molar-refractivity contribution is 5.39. The van der Waals surface area contributed by atoms with Crippen LogP contribution in [0.2, 0.25) is 0 Å². The Labute approximate surface area is 121 Å². The number of rotatable bonds is 1. The third kappa shape index (κ3) is 1.66. The predicted molar refractivity (Wildman–Crippen MR) is 81.7 cm³/mol. The van der Waals surface area contributed by atoms with E-state index in [4.69, 9.17) is 5.73 Å². The second-order valence-electron chi connectivity index (χ2n) is 7.06. The van der Waals surface area contributed by atoms with Gasteiger partial charge < -0.3 is 15.5 Å². The average Bonchev–Trinajstić information content (AvgIpc) is 2.78. The molecule has 1 saturated heterocycles.